The lowest BCUT2D eigenvalue weighted by Crippen LogP contribution is -2.19. The Labute approximate surface area is 158 Å². The molecule has 1 aliphatic heterocycles. The van der Waals surface area contributed by atoms with Gasteiger partial charge < -0.3 is 24.7 Å². The van der Waals surface area contributed by atoms with Gasteiger partial charge in [0.05, 0.1) is 17.1 Å². The van der Waals surface area contributed by atoms with Crippen molar-refractivity contribution in [3.63, 3.8) is 0 Å². The van der Waals surface area contributed by atoms with Crippen LogP contribution in [0.2, 0.25) is 0 Å². The zero-order chi connectivity index (χ0) is 20.1. The molecule has 0 aromatic heterocycles. The molecule has 2 aromatic rings. The molecule has 0 spiro atoms. The van der Waals surface area contributed by atoms with Crippen LogP contribution < -0.4 is 15.2 Å². The molecule has 10 nitrogen and oxygen atoms in total. The van der Waals surface area contributed by atoms with E-state index < -0.39 is 23.4 Å². The topological polar surface area (TPSA) is 140 Å². The SMILES string of the molecule is NC(=O)c1ccccc1OCC(=O)OCc1cc([N+](=O)[O-])cc2c1OCOC2. The summed E-state index contributed by atoms with van der Waals surface area (Å²) in [6.07, 6.45) is 0. The van der Waals surface area contributed by atoms with E-state index in [0.29, 0.717) is 16.9 Å². The minimum atomic E-state index is -0.730. The summed E-state index contributed by atoms with van der Waals surface area (Å²) in [5.74, 6) is -0.872. The second-order valence-corrected chi connectivity index (χ2v) is 5.77. The molecule has 0 saturated carbocycles. The van der Waals surface area contributed by atoms with Crippen molar-refractivity contribution < 1.29 is 33.5 Å². The summed E-state index contributed by atoms with van der Waals surface area (Å²) in [4.78, 5) is 33.9. The number of amides is 1. The zero-order valence-electron chi connectivity index (χ0n) is 14.6. The first-order valence-corrected chi connectivity index (χ1v) is 8.13. The molecule has 0 fully saturated rings. The van der Waals surface area contributed by atoms with Crippen LogP contribution in [-0.2, 0) is 27.5 Å². The predicted molar refractivity (Wildman–Crippen MR) is 93.6 cm³/mol. The lowest BCUT2D eigenvalue weighted by atomic mass is 10.1. The maximum Gasteiger partial charge on any atom is 0.344 e. The first-order chi connectivity index (χ1) is 13.5. The molecule has 2 aromatic carbocycles. The molecule has 2 N–H and O–H groups in total. The maximum atomic E-state index is 12.0. The first kappa shape index (κ1) is 19.1. The molecule has 1 aliphatic rings. The Balaban J connectivity index is 1.66. The fourth-order valence-electron chi connectivity index (χ4n) is 2.63. The number of hydrogen-bond donors (Lipinski definition) is 1. The molecule has 0 saturated heterocycles. The molecule has 3 rings (SSSR count). The van der Waals surface area contributed by atoms with Crippen molar-refractivity contribution >= 4 is 17.6 Å². The number of hydrogen-bond acceptors (Lipinski definition) is 8. The van der Waals surface area contributed by atoms with Crippen LogP contribution in [0, 0.1) is 10.1 Å². The Morgan fingerprint density at radius 1 is 1.25 bits per heavy atom. The van der Waals surface area contributed by atoms with Gasteiger partial charge in [-0.25, -0.2) is 4.79 Å². The largest absolute Gasteiger partial charge is 0.481 e. The van der Waals surface area contributed by atoms with Gasteiger partial charge in [0.1, 0.15) is 18.1 Å². The van der Waals surface area contributed by atoms with Crippen LogP contribution in [0.3, 0.4) is 0 Å². The Morgan fingerprint density at radius 3 is 2.79 bits per heavy atom. The molecule has 0 bridgehead atoms. The van der Waals surface area contributed by atoms with Crippen molar-refractivity contribution in [3.05, 3.63) is 63.2 Å². The van der Waals surface area contributed by atoms with Crippen molar-refractivity contribution in [1.29, 1.82) is 0 Å². The van der Waals surface area contributed by atoms with E-state index in [0.717, 1.165) is 0 Å². The molecule has 0 aliphatic carbocycles. The quantitative estimate of drug-likeness (QED) is 0.429. The Morgan fingerprint density at radius 2 is 2.04 bits per heavy atom. The zero-order valence-corrected chi connectivity index (χ0v) is 14.6. The van der Waals surface area contributed by atoms with Crippen LogP contribution in [0.5, 0.6) is 11.5 Å². The summed E-state index contributed by atoms with van der Waals surface area (Å²) in [6, 6.07) is 8.84. The van der Waals surface area contributed by atoms with Crippen LogP contribution in [0.25, 0.3) is 0 Å². The number of nitrogens with two attached hydrogens (primary N) is 1. The average molecular weight is 388 g/mol. The van der Waals surface area contributed by atoms with Gasteiger partial charge in [-0.15, -0.1) is 0 Å². The van der Waals surface area contributed by atoms with Crippen molar-refractivity contribution in [2.75, 3.05) is 13.4 Å². The lowest BCUT2D eigenvalue weighted by molar-refractivity contribution is -0.385. The van der Waals surface area contributed by atoms with Crippen LogP contribution in [0.15, 0.2) is 36.4 Å². The monoisotopic (exact) mass is 388 g/mol. The minimum absolute atomic E-state index is 0.00122. The third-order valence-corrected chi connectivity index (χ3v) is 3.87. The number of fused-ring (bicyclic) bond motifs is 1. The van der Waals surface area contributed by atoms with E-state index in [-0.39, 0.29) is 37.0 Å². The molecule has 10 heteroatoms. The third-order valence-electron chi connectivity index (χ3n) is 3.87. The number of primary amides is 1. The van der Waals surface area contributed by atoms with E-state index in [4.69, 9.17) is 24.7 Å². The van der Waals surface area contributed by atoms with Crippen molar-refractivity contribution in [1.82, 2.24) is 0 Å². The van der Waals surface area contributed by atoms with Gasteiger partial charge in [-0.2, -0.15) is 0 Å². The third kappa shape index (κ3) is 4.35. The molecular weight excluding hydrogens is 372 g/mol. The standard InChI is InChI=1S/C18H16N2O8/c19-18(22)14-3-1-2-4-15(14)26-9-16(21)27-8-12-6-13(20(23)24)5-11-7-25-10-28-17(11)12/h1-6H,7-10H2,(H2,19,22). The number of carbonyl (C=O) groups excluding carboxylic acids is 2. The Bertz CT molecular complexity index is 928. The highest BCUT2D eigenvalue weighted by atomic mass is 16.7. The van der Waals surface area contributed by atoms with E-state index in [1.54, 1.807) is 12.1 Å². The summed E-state index contributed by atoms with van der Waals surface area (Å²) in [7, 11) is 0. The smallest absolute Gasteiger partial charge is 0.344 e. The fourth-order valence-corrected chi connectivity index (χ4v) is 2.63. The number of ether oxygens (including phenoxy) is 4. The van der Waals surface area contributed by atoms with Crippen LogP contribution in [0.4, 0.5) is 5.69 Å². The maximum absolute atomic E-state index is 12.0. The van der Waals surface area contributed by atoms with Gasteiger partial charge in [-0.1, -0.05) is 12.1 Å². The molecular formula is C18H16N2O8. The lowest BCUT2D eigenvalue weighted by Gasteiger charge is -2.20. The highest BCUT2D eigenvalue weighted by Crippen LogP contribution is 2.33. The summed E-state index contributed by atoms with van der Waals surface area (Å²) < 4.78 is 20.9. The second-order valence-electron chi connectivity index (χ2n) is 5.77. The fraction of sp³-hybridized carbons (Fsp3) is 0.222. The first-order valence-electron chi connectivity index (χ1n) is 8.13. The Kier molecular flexibility index (Phi) is 5.70. The number of benzene rings is 2. The van der Waals surface area contributed by atoms with Crippen LogP contribution in [0.1, 0.15) is 21.5 Å². The highest BCUT2D eigenvalue weighted by Gasteiger charge is 2.22. The summed E-state index contributed by atoms with van der Waals surface area (Å²) >= 11 is 0. The number of para-hydroxylation sites is 1. The number of non-ortho nitro benzene ring substituents is 1. The number of nitrogens with zero attached hydrogens (tertiary/aromatic N) is 1. The summed E-state index contributed by atoms with van der Waals surface area (Å²) in [5.41, 5.74) is 6.06. The molecule has 1 amide bonds. The number of esters is 1. The summed E-state index contributed by atoms with van der Waals surface area (Å²) in [6.45, 7) is -0.557. The Hall–Kier alpha value is -3.66. The number of nitro groups is 1. The molecule has 1 heterocycles. The van der Waals surface area contributed by atoms with Gasteiger partial charge >= 0.3 is 5.97 Å². The normalized spacial score (nSPS) is 12.4. The van der Waals surface area contributed by atoms with E-state index in [1.165, 1.54) is 24.3 Å². The number of nitro benzene ring substituents is 1. The molecule has 146 valence electrons. The molecule has 28 heavy (non-hydrogen) atoms. The molecule has 0 unspecified atom stereocenters. The minimum Gasteiger partial charge on any atom is -0.481 e. The number of carbonyl (C=O) groups is 2. The van der Waals surface area contributed by atoms with E-state index in [9.17, 15) is 19.7 Å². The molecule has 0 atom stereocenters. The van der Waals surface area contributed by atoms with Gasteiger partial charge in [0.25, 0.3) is 11.6 Å². The van der Waals surface area contributed by atoms with E-state index in [2.05, 4.69) is 0 Å². The second kappa shape index (κ2) is 8.35. The van der Waals surface area contributed by atoms with Crippen molar-refractivity contribution in [2.45, 2.75) is 13.2 Å². The molecule has 0 radical (unpaired) electrons. The highest BCUT2D eigenvalue weighted by molar-refractivity contribution is 5.95. The number of rotatable bonds is 7. The van der Waals surface area contributed by atoms with Gasteiger partial charge in [-0.3, -0.25) is 14.9 Å². The van der Waals surface area contributed by atoms with Gasteiger partial charge in [0, 0.05) is 23.3 Å². The van der Waals surface area contributed by atoms with Gasteiger partial charge in [0.15, 0.2) is 13.4 Å². The van der Waals surface area contributed by atoms with E-state index >= 15 is 0 Å². The van der Waals surface area contributed by atoms with Gasteiger partial charge in [0.2, 0.25) is 0 Å². The summed E-state index contributed by atoms with van der Waals surface area (Å²) in [5, 5.41) is 11.1. The van der Waals surface area contributed by atoms with Gasteiger partial charge in [-0.05, 0) is 12.1 Å². The predicted octanol–water partition coefficient (Wildman–Crippen LogP) is 1.68. The van der Waals surface area contributed by atoms with Crippen LogP contribution in [-0.4, -0.2) is 30.2 Å². The van der Waals surface area contributed by atoms with Crippen LogP contribution >= 0.6 is 0 Å². The van der Waals surface area contributed by atoms with Crippen molar-refractivity contribution in [2.24, 2.45) is 5.73 Å². The average Bonchev–Trinajstić information content (AvgIpc) is 2.70. The van der Waals surface area contributed by atoms with Crippen molar-refractivity contribution in [3.8, 4) is 11.5 Å². The van der Waals surface area contributed by atoms with E-state index in [1.807, 2.05) is 0 Å².